The Morgan fingerprint density at radius 1 is 1.00 bits per heavy atom. The average molecular weight is 420 g/mol. The number of benzene rings is 2. The third-order valence-corrected chi connectivity index (χ3v) is 5.37. The predicted molar refractivity (Wildman–Crippen MR) is 114 cm³/mol. The summed E-state index contributed by atoms with van der Waals surface area (Å²) in [7, 11) is 0. The molecule has 0 fully saturated rings. The van der Waals surface area contributed by atoms with Gasteiger partial charge in [-0.2, -0.15) is 5.10 Å². The number of nitrogens with one attached hydrogen (secondary N) is 3. The van der Waals surface area contributed by atoms with E-state index < -0.39 is 11.9 Å². The maximum Gasteiger partial charge on any atom is 0.345 e. The van der Waals surface area contributed by atoms with Crippen LogP contribution in [0, 0.1) is 0 Å². The van der Waals surface area contributed by atoms with Crippen LogP contribution in [0.5, 0.6) is 0 Å². The number of aromatic carboxylic acids is 1. The number of anilines is 2. The van der Waals surface area contributed by atoms with Gasteiger partial charge in [-0.3, -0.25) is 14.7 Å². The van der Waals surface area contributed by atoms with Gasteiger partial charge in [0.2, 0.25) is 5.91 Å². The van der Waals surface area contributed by atoms with Crippen LogP contribution >= 0.6 is 11.3 Å². The molecule has 4 rings (SSSR count). The van der Waals surface area contributed by atoms with Crippen molar-refractivity contribution in [3.05, 3.63) is 76.7 Å². The zero-order chi connectivity index (χ0) is 21.1. The van der Waals surface area contributed by atoms with Crippen molar-refractivity contribution >= 4 is 50.8 Å². The molecule has 0 atom stereocenters. The van der Waals surface area contributed by atoms with E-state index in [2.05, 4.69) is 20.8 Å². The molecule has 0 saturated carbocycles. The third kappa shape index (κ3) is 4.06. The minimum atomic E-state index is -1.05. The molecule has 0 aliphatic carbocycles. The van der Waals surface area contributed by atoms with E-state index in [1.165, 1.54) is 6.07 Å². The molecule has 4 aromatic rings. The summed E-state index contributed by atoms with van der Waals surface area (Å²) in [5.41, 5.74) is 1.52. The Morgan fingerprint density at radius 3 is 2.50 bits per heavy atom. The van der Waals surface area contributed by atoms with Crippen molar-refractivity contribution in [1.29, 1.82) is 0 Å². The molecular weight excluding hydrogens is 404 g/mol. The molecule has 150 valence electrons. The Morgan fingerprint density at radius 2 is 1.73 bits per heavy atom. The van der Waals surface area contributed by atoms with Crippen LogP contribution in [-0.2, 0) is 11.2 Å². The summed E-state index contributed by atoms with van der Waals surface area (Å²) in [6.07, 6.45) is 0.185. The number of carbonyl (C=O) groups excluding carboxylic acids is 2. The van der Waals surface area contributed by atoms with E-state index in [1.807, 2.05) is 30.3 Å². The van der Waals surface area contributed by atoms with Gasteiger partial charge in [0, 0.05) is 0 Å². The van der Waals surface area contributed by atoms with Gasteiger partial charge in [0.25, 0.3) is 5.91 Å². The number of aromatic amines is 1. The fourth-order valence-corrected chi connectivity index (χ4v) is 3.79. The number of nitrogens with zero attached hydrogens (tertiary/aromatic N) is 1. The summed E-state index contributed by atoms with van der Waals surface area (Å²) >= 11 is 1.01. The number of aromatic nitrogens is 2. The van der Waals surface area contributed by atoms with Crippen molar-refractivity contribution in [3.63, 3.8) is 0 Å². The first-order valence-electron chi connectivity index (χ1n) is 8.96. The number of carboxylic acid groups (broad SMARTS) is 1. The number of rotatable bonds is 6. The van der Waals surface area contributed by atoms with Gasteiger partial charge in [0.15, 0.2) is 0 Å². The van der Waals surface area contributed by atoms with E-state index in [1.54, 1.807) is 24.3 Å². The Labute approximate surface area is 174 Å². The quantitative estimate of drug-likeness (QED) is 0.378. The maximum atomic E-state index is 12.8. The number of carboxylic acids is 1. The van der Waals surface area contributed by atoms with Gasteiger partial charge in [0.05, 0.1) is 23.1 Å². The van der Waals surface area contributed by atoms with E-state index in [4.69, 9.17) is 5.11 Å². The summed E-state index contributed by atoms with van der Waals surface area (Å²) in [6.45, 7) is 0. The summed E-state index contributed by atoms with van der Waals surface area (Å²) < 4.78 is 0. The van der Waals surface area contributed by atoms with Crippen LogP contribution in [-0.4, -0.2) is 33.1 Å². The van der Waals surface area contributed by atoms with Crippen LogP contribution in [0.15, 0.2) is 60.7 Å². The van der Waals surface area contributed by atoms with Gasteiger partial charge in [-0.25, -0.2) is 4.79 Å². The lowest BCUT2D eigenvalue weighted by molar-refractivity contribution is -0.115. The van der Waals surface area contributed by atoms with Crippen LogP contribution < -0.4 is 10.6 Å². The number of thiophene rings is 1. The van der Waals surface area contributed by atoms with Gasteiger partial charge in [-0.15, -0.1) is 11.3 Å². The minimum absolute atomic E-state index is 0.130. The summed E-state index contributed by atoms with van der Waals surface area (Å²) in [6, 6.07) is 17.4. The lowest BCUT2D eigenvalue weighted by Crippen LogP contribution is -2.19. The molecular formula is C21H16N4O4S. The fraction of sp³-hybridized carbons (Fsp3) is 0.0476. The van der Waals surface area contributed by atoms with Gasteiger partial charge >= 0.3 is 5.97 Å². The summed E-state index contributed by atoms with van der Waals surface area (Å²) in [4.78, 5) is 37.0. The summed E-state index contributed by atoms with van der Waals surface area (Å²) in [5, 5.41) is 21.8. The van der Waals surface area contributed by atoms with Crippen LogP contribution in [0.4, 0.5) is 11.5 Å². The standard InChI is InChI=1S/C21H16N4O4S/c26-17(10-12-6-2-1-3-7-12)22-15-9-5-4-8-13(15)19(27)23-18-14-11-16(21(28)29)30-20(14)25-24-18/h1-9,11H,10H2,(H,22,26)(H,28,29)(H2,23,24,25,27). The largest absolute Gasteiger partial charge is 0.477 e. The van der Waals surface area contributed by atoms with Crippen molar-refractivity contribution in [1.82, 2.24) is 10.2 Å². The molecule has 8 nitrogen and oxygen atoms in total. The summed E-state index contributed by atoms with van der Waals surface area (Å²) in [5.74, 6) is -1.46. The second-order valence-corrected chi connectivity index (χ2v) is 7.47. The number of hydrogen-bond donors (Lipinski definition) is 4. The van der Waals surface area contributed by atoms with Crippen LogP contribution in [0.3, 0.4) is 0 Å². The smallest absolute Gasteiger partial charge is 0.345 e. The Balaban J connectivity index is 1.52. The molecule has 0 radical (unpaired) electrons. The molecule has 30 heavy (non-hydrogen) atoms. The highest BCUT2D eigenvalue weighted by molar-refractivity contribution is 7.20. The molecule has 2 amide bonds. The monoisotopic (exact) mass is 420 g/mol. The number of amides is 2. The molecule has 2 aromatic heterocycles. The molecule has 0 spiro atoms. The highest BCUT2D eigenvalue weighted by Gasteiger charge is 2.18. The van der Waals surface area contributed by atoms with E-state index in [0.717, 1.165) is 16.9 Å². The van der Waals surface area contributed by atoms with Crippen LogP contribution in [0.2, 0.25) is 0 Å². The number of fused-ring (bicyclic) bond motifs is 1. The SMILES string of the molecule is O=C(Cc1ccccc1)Nc1ccccc1C(=O)Nc1[nH]nc2sc(C(=O)O)cc12. The number of hydrogen-bond acceptors (Lipinski definition) is 5. The average Bonchev–Trinajstić information content (AvgIpc) is 3.31. The Kier molecular flexibility index (Phi) is 5.27. The van der Waals surface area contributed by atoms with Crippen LogP contribution in [0.1, 0.15) is 25.6 Å². The van der Waals surface area contributed by atoms with Crippen LogP contribution in [0.25, 0.3) is 10.2 Å². The topological polar surface area (TPSA) is 124 Å². The van der Waals surface area contributed by atoms with Crippen molar-refractivity contribution in [2.75, 3.05) is 10.6 Å². The van der Waals surface area contributed by atoms with Gasteiger partial charge in [-0.05, 0) is 23.8 Å². The van der Waals surface area contributed by atoms with Crippen molar-refractivity contribution < 1.29 is 19.5 Å². The van der Waals surface area contributed by atoms with Gasteiger partial charge in [-0.1, -0.05) is 42.5 Å². The second kappa shape index (κ2) is 8.18. The van der Waals surface area contributed by atoms with Crippen molar-refractivity contribution in [2.45, 2.75) is 6.42 Å². The molecule has 0 aliphatic rings. The van der Waals surface area contributed by atoms with Crippen molar-refractivity contribution in [2.24, 2.45) is 0 Å². The molecule has 4 N–H and O–H groups in total. The number of carbonyl (C=O) groups is 3. The third-order valence-electron chi connectivity index (χ3n) is 4.35. The van der Waals surface area contributed by atoms with E-state index in [0.29, 0.717) is 21.7 Å². The molecule has 9 heteroatoms. The normalized spacial score (nSPS) is 10.7. The lowest BCUT2D eigenvalue weighted by atomic mass is 10.1. The van der Waals surface area contributed by atoms with E-state index >= 15 is 0 Å². The highest BCUT2D eigenvalue weighted by Crippen LogP contribution is 2.29. The molecule has 0 unspecified atom stereocenters. The molecule has 2 heterocycles. The lowest BCUT2D eigenvalue weighted by Gasteiger charge is -2.11. The minimum Gasteiger partial charge on any atom is -0.477 e. The molecule has 2 aromatic carbocycles. The highest BCUT2D eigenvalue weighted by atomic mass is 32.1. The molecule has 0 aliphatic heterocycles. The zero-order valence-corrected chi connectivity index (χ0v) is 16.3. The van der Waals surface area contributed by atoms with Gasteiger partial charge < -0.3 is 15.7 Å². The van der Waals surface area contributed by atoms with Gasteiger partial charge in [0.1, 0.15) is 15.5 Å². The van der Waals surface area contributed by atoms with Crippen molar-refractivity contribution in [3.8, 4) is 0 Å². The Bertz CT molecular complexity index is 1250. The van der Waals surface area contributed by atoms with E-state index in [-0.39, 0.29) is 22.8 Å². The zero-order valence-electron chi connectivity index (χ0n) is 15.5. The fourth-order valence-electron chi connectivity index (χ4n) is 2.96. The molecule has 0 saturated heterocycles. The number of H-pyrrole nitrogens is 1. The first-order chi connectivity index (χ1) is 14.5. The van der Waals surface area contributed by atoms with E-state index in [9.17, 15) is 14.4 Å². The second-order valence-electron chi connectivity index (χ2n) is 6.44. The maximum absolute atomic E-state index is 12.8. The first kappa shape index (κ1) is 19.3. The predicted octanol–water partition coefficient (Wildman–Crippen LogP) is 3.76. The number of para-hydroxylation sites is 1. The molecule has 0 bridgehead atoms. The first-order valence-corrected chi connectivity index (χ1v) is 9.78. The Hall–Kier alpha value is -3.98.